The molecule has 6 heteroatoms. The molecular weight excluding hydrogens is 244 g/mol. The van der Waals surface area contributed by atoms with E-state index >= 15 is 0 Å². The lowest BCUT2D eigenvalue weighted by molar-refractivity contribution is 0.0852. The Kier molecular flexibility index (Phi) is 3.16. The van der Waals surface area contributed by atoms with Crippen molar-refractivity contribution in [3.63, 3.8) is 0 Å². The van der Waals surface area contributed by atoms with Gasteiger partial charge in [-0.1, -0.05) is 0 Å². The highest BCUT2D eigenvalue weighted by Gasteiger charge is 2.17. The topological polar surface area (TPSA) is 68.5 Å². The third-order valence-electron chi connectivity index (χ3n) is 3.19. The Morgan fingerprint density at radius 2 is 2.47 bits per heavy atom. The average molecular weight is 260 g/mol. The molecule has 19 heavy (non-hydrogen) atoms. The summed E-state index contributed by atoms with van der Waals surface area (Å²) >= 11 is 0. The molecule has 2 aromatic rings. The smallest absolute Gasteiger partial charge is 0.271 e. The van der Waals surface area contributed by atoms with Gasteiger partial charge in [-0.15, -0.1) is 0 Å². The van der Waals surface area contributed by atoms with Crippen LogP contribution >= 0.6 is 0 Å². The molecule has 0 aliphatic carbocycles. The molecule has 6 nitrogen and oxygen atoms in total. The number of hydrogen-bond donors (Lipinski definition) is 1. The first kappa shape index (κ1) is 12.1. The number of aryl methyl sites for hydroxylation is 1. The minimum atomic E-state index is -0.177. The third kappa shape index (κ3) is 2.58. The summed E-state index contributed by atoms with van der Waals surface area (Å²) < 4.78 is 7.08. The van der Waals surface area contributed by atoms with Crippen LogP contribution in [0.15, 0.2) is 18.3 Å². The van der Waals surface area contributed by atoms with Crippen molar-refractivity contribution in [2.45, 2.75) is 25.9 Å². The van der Waals surface area contributed by atoms with Gasteiger partial charge >= 0.3 is 0 Å². The zero-order valence-electron chi connectivity index (χ0n) is 10.8. The fraction of sp³-hybridized carbons (Fsp3) is 0.462. The highest BCUT2D eigenvalue weighted by atomic mass is 16.5. The van der Waals surface area contributed by atoms with E-state index in [1.165, 1.54) is 0 Å². The van der Waals surface area contributed by atoms with Gasteiger partial charge in [0.25, 0.3) is 5.91 Å². The molecule has 0 saturated carbocycles. The minimum Gasteiger partial charge on any atom is -0.376 e. The molecule has 1 amide bonds. The van der Waals surface area contributed by atoms with Crippen LogP contribution < -0.4 is 5.32 Å². The van der Waals surface area contributed by atoms with Gasteiger partial charge in [0.2, 0.25) is 0 Å². The van der Waals surface area contributed by atoms with E-state index in [1.54, 1.807) is 22.8 Å². The second-order valence-electron chi connectivity index (χ2n) is 4.75. The van der Waals surface area contributed by atoms with E-state index in [2.05, 4.69) is 15.4 Å². The number of ether oxygens (including phenoxy) is 1. The van der Waals surface area contributed by atoms with Gasteiger partial charge in [0.05, 0.1) is 18.0 Å². The van der Waals surface area contributed by atoms with Gasteiger partial charge < -0.3 is 10.1 Å². The highest BCUT2D eigenvalue weighted by molar-refractivity contribution is 5.92. The number of aromatic nitrogens is 3. The summed E-state index contributed by atoms with van der Waals surface area (Å²) in [7, 11) is 0. The molecule has 1 aliphatic rings. The van der Waals surface area contributed by atoms with Crippen molar-refractivity contribution in [2.24, 2.45) is 0 Å². The van der Waals surface area contributed by atoms with E-state index < -0.39 is 0 Å². The molecule has 2 aromatic heterocycles. The summed E-state index contributed by atoms with van der Waals surface area (Å²) in [5.41, 5.74) is 2.01. The number of amides is 1. The predicted octanol–water partition coefficient (Wildman–Crippen LogP) is 0.947. The molecular formula is C13H16N4O2. The molecule has 1 N–H and O–H groups in total. The largest absolute Gasteiger partial charge is 0.376 e. The lowest BCUT2D eigenvalue weighted by atomic mass is 10.2. The molecule has 1 saturated heterocycles. The molecule has 1 atom stereocenters. The second-order valence-corrected chi connectivity index (χ2v) is 4.75. The van der Waals surface area contributed by atoms with Gasteiger partial charge in [0.15, 0.2) is 5.65 Å². The zero-order valence-corrected chi connectivity index (χ0v) is 10.8. The summed E-state index contributed by atoms with van der Waals surface area (Å²) in [5.74, 6) is -0.177. The Morgan fingerprint density at radius 1 is 1.58 bits per heavy atom. The van der Waals surface area contributed by atoms with Crippen molar-refractivity contribution in [1.29, 1.82) is 0 Å². The third-order valence-corrected chi connectivity index (χ3v) is 3.19. The Morgan fingerprint density at radius 3 is 3.26 bits per heavy atom. The summed E-state index contributed by atoms with van der Waals surface area (Å²) in [6.45, 7) is 3.23. The first-order valence-corrected chi connectivity index (χ1v) is 6.45. The normalized spacial score (nSPS) is 18.9. The van der Waals surface area contributed by atoms with Crippen molar-refractivity contribution in [1.82, 2.24) is 19.9 Å². The molecule has 0 aromatic carbocycles. The fourth-order valence-corrected chi connectivity index (χ4v) is 2.22. The Labute approximate surface area is 110 Å². The van der Waals surface area contributed by atoms with E-state index in [0.29, 0.717) is 12.2 Å². The first-order valence-electron chi connectivity index (χ1n) is 6.45. The van der Waals surface area contributed by atoms with E-state index in [9.17, 15) is 4.79 Å². The predicted molar refractivity (Wildman–Crippen MR) is 69.0 cm³/mol. The number of nitrogens with one attached hydrogen (secondary N) is 1. The van der Waals surface area contributed by atoms with Gasteiger partial charge in [-0.3, -0.25) is 4.79 Å². The maximum Gasteiger partial charge on any atom is 0.271 e. The molecule has 1 fully saturated rings. The summed E-state index contributed by atoms with van der Waals surface area (Å²) in [6, 6.07) is 3.48. The summed E-state index contributed by atoms with van der Waals surface area (Å²) in [5, 5.41) is 7.09. The fourth-order valence-electron chi connectivity index (χ4n) is 2.22. The Hall–Kier alpha value is -1.95. The van der Waals surface area contributed by atoms with E-state index in [4.69, 9.17) is 4.74 Å². The van der Waals surface area contributed by atoms with Crippen LogP contribution in [0.5, 0.6) is 0 Å². The van der Waals surface area contributed by atoms with Crippen LogP contribution in [0.1, 0.15) is 29.0 Å². The minimum absolute atomic E-state index is 0.142. The number of rotatable bonds is 3. The molecule has 0 spiro atoms. The Balaban J connectivity index is 1.69. The monoisotopic (exact) mass is 260 g/mol. The molecule has 3 rings (SSSR count). The summed E-state index contributed by atoms with van der Waals surface area (Å²) in [4.78, 5) is 16.3. The van der Waals surface area contributed by atoms with Crippen LogP contribution in [-0.4, -0.2) is 39.8 Å². The van der Waals surface area contributed by atoms with Crippen LogP contribution in [0.25, 0.3) is 5.65 Å². The van der Waals surface area contributed by atoms with Crippen LogP contribution in [0.2, 0.25) is 0 Å². The van der Waals surface area contributed by atoms with E-state index in [0.717, 1.165) is 30.8 Å². The van der Waals surface area contributed by atoms with Gasteiger partial charge in [-0.25, -0.2) is 9.50 Å². The number of carbonyl (C=O) groups excluding carboxylic acids is 1. The van der Waals surface area contributed by atoms with Gasteiger partial charge in [-0.2, -0.15) is 5.10 Å². The SMILES string of the molecule is Cc1cn2nc(C(=O)NCC3CCCO3)ccc2n1. The average Bonchev–Trinajstić information content (AvgIpc) is 3.02. The Bertz CT molecular complexity index is 602. The number of nitrogens with zero attached hydrogens (tertiary/aromatic N) is 3. The van der Waals surface area contributed by atoms with Gasteiger partial charge in [0, 0.05) is 13.2 Å². The van der Waals surface area contributed by atoms with Crippen molar-refractivity contribution >= 4 is 11.6 Å². The van der Waals surface area contributed by atoms with Crippen LogP contribution in [0.4, 0.5) is 0 Å². The van der Waals surface area contributed by atoms with E-state index in [1.807, 2.05) is 6.92 Å². The van der Waals surface area contributed by atoms with Crippen LogP contribution in [-0.2, 0) is 4.74 Å². The molecule has 100 valence electrons. The van der Waals surface area contributed by atoms with Gasteiger partial charge in [0.1, 0.15) is 5.69 Å². The lowest BCUT2D eigenvalue weighted by Gasteiger charge is -2.10. The van der Waals surface area contributed by atoms with Crippen molar-refractivity contribution in [3.05, 3.63) is 29.7 Å². The van der Waals surface area contributed by atoms with Gasteiger partial charge in [-0.05, 0) is 31.9 Å². The standard InChI is InChI=1S/C13H16N4O2/c1-9-8-17-12(15-9)5-4-11(16-17)13(18)14-7-10-3-2-6-19-10/h4-5,8,10H,2-3,6-7H2,1H3,(H,14,18). The number of hydrogen-bond acceptors (Lipinski definition) is 4. The number of fused-ring (bicyclic) bond motifs is 1. The molecule has 3 heterocycles. The maximum atomic E-state index is 12.0. The molecule has 0 bridgehead atoms. The summed E-state index contributed by atoms with van der Waals surface area (Å²) in [6.07, 6.45) is 4.02. The number of carbonyl (C=O) groups is 1. The molecule has 1 aliphatic heterocycles. The van der Waals surface area contributed by atoms with Crippen LogP contribution in [0.3, 0.4) is 0 Å². The molecule has 0 radical (unpaired) electrons. The first-order chi connectivity index (χ1) is 9.22. The van der Waals surface area contributed by atoms with E-state index in [-0.39, 0.29) is 12.0 Å². The van der Waals surface area contributed by atoms with Crippen molar-refractivity contribution < 1.29 is 9.53 Å². The highest BCUT2D eigenvalue weighted by Crippen LogP contribution is 2.11. The van der Waals surface area contributed by atoms with Crippen LogP contribution in [0, 0.1) is 6.92 Å². The zero-order chi connectivity index (χ0) is 13.2. The molecule has 1 unspecified atom stereocenters. The maximum absolute atomic E-state index is 12.0. The second kappa shape index (κ2) is 4.97. The van der Waals surface area contributed by atoms with Crippen molar-refractivity contribution in [3.8, 4) is 0 Å². The number of imidazole rings is 1. The lowest BCUT2D eigenvalue weighted by Crippen LogP contribution is -2.32. The quantitative estimate of drug-likeness (QED) is 0.892. The van der Waals surface area contributed by atoms with Crippen molar-refractivity contribution in [2.75, 3.05) is 13.2 Å².